The summed E-state index contributed by atoms with van der Waals surface area (Å²) < 4.78 is 50.1. The van der Waals surface area contributed by atoms with Crippen molar-refractivity contribution in [2.24, 2.45) is 0 Å². The van der Waals surface area contributed by atoms with Crippen molar-refractivity contribution in [1.82, 2.24) is 0 Å². The molecule has 0 heterocycles. The second kappa shape index (κ2) is 35.7. The summed E-state index contributed by atoms with van der Waals surface area (Å²) in [5.41, 5.74) is 0. The number of halogens is 1. The maximum Gasteiger partial charge on any atom is 0.306 e. The summed E-state index contributed by atoms with van der Waals surface area (Å²) in [6.07, 6.45) is 36.3. The minimum atomic E-state index is -3.29. The number of carbonyl (C=O) groups is 2. The number of alkyl halides is 1. The highest BCUT2D eigenvalue weighted by Crippen LogP contribution is 2.11. The van der Waals surface area contributed by atoms with Gasteiger partial charge < -0.3 is 9.47 Å². The quantitative estimate of drug-likeness (QED) is 0.0318. The Kier molecular flexibility index (Phi) is 27.2. The predicted molar refractivity (Wildman–Crippen MR) is 190 cm³/mol. The molecule has 0 bridgehead atoms. The fourth-order valence-electron chi connectivity index (χ4n) is 4.54. The molecule has 4 nitrogen and oxygen atoms in total. The normalized spacial score (nSPS) is 15.8. The van der Waals surface area contributed by atoms with Crippen molar-refractivity contribution in [1.29, 1.82) is 0 Å². The van der Waals surface area contributed by atoms with Crippen molar-refractivity contribution < 1.29 is 25.9 Å². The SMILES string of the molecule is [2H]C([2H])(Cl)C([2H])(OC(=O)CCCCCCC/C=C\C/C=C\CCCCC)C([2H])([2H])OC(=O)CCCCCCC/C=C\C/C=C\CCCCC. The van der Waals surface area contributed by atoms with Crippen LogP contribution in [-0.4, -0.2) is 30.4 Å². The molecule has 254 valence electrons. The molecule has 0 rings (SSSR count). The van der Waals surface area contributed by atoms with Crippen LogP contribution in [-0.2, 0) is 19.1 Å². The van der Waals surface area contributed by atoms with Gasteiger partial charge in [0.25, 0.3) is 0 Å². The molecule has 1 atom stereocenters. The summed E-state index contributed by atoms with van der Waals surface area (Å²) in [5, 5.41) is 0. The van der Waals surface area contributed by atoms with E-state index in [2.05, 4.69) is 62.5 Å². The van der Waals surface area contributed by atoms with Gasteiger partial charge in [-0.1, -0.05) is 127 Å². The van der Waals surface area contributed by atoms with Gasteiger partial charge in [0, 0.05) is 15.6 Å². The van der Waals surface area contributed by atoms with Crippen LogP contribution in [0.3, 0.4) is 0 Å². The van der Waals surface area contributed by atoms with E-state index in [1.54, 1.807) is 0 Å². The van der Waals surface area contributed by atoms with Gasteiger partial charge in [0.15, 0.2) is 0 Å². The molecule has 0 aromatic rings. The van der Waals surface area contributed by atoms with E-state index in [1.165, 1.54) is 38.5 Å². The lowest BCUT2D eigenvalue weighted by atomic mass is 10.1. The smallest absolute Gasteiger partial charge is 0.306 e. The zero-order valence-corrected chi connectivity index (χ0v) is 28.9. The number of hydrogen-bond acceptors (Lipinski definition) is 4. The molecule has 0 N–H and O–H groups in total. The zero-order chi connectivity index (χ0) is 36.7. The van der Waals surface area contributed by atoms with E-state index in [1.807, 2.05) is 0 Å². The third kappa shape index (κ3) is 33.1. The van der Waals surface area contributed by atoms with Gasteiger partial charge in [-0.05, 0) is 77.0 Å². The number of allylic oxidation sites excluding steroid dienone is 8. The van der Waals surface area contributed by atoms with E-state index in [0.29, 0.717) is 12.8 Å². The van der Waals surface area contributed by atoms with E-state index in [4.69, 9.17) is 27.9 Å². The lowest BCUT2D eigenvalue weighted by Gasteiger charge is -2.15. The topological polar surface area (TPSA) is 52.6 Å². The minimum Gasteiger partial charge on any atom is -0.462 e. The molecule has 0 aromatic heterocycles. The first kappa shape index (κ1) is 33.6. The van der Waals surface area contributed by atoms with Gasteiger partial charge in [0.2, 0.25) is 0 Å². The van der Waals surface area contributed by atoms with Crippen LogP contribution in [0.1, 0.15) is 175 Å². The molecular formula is C39H67ClO4. The van der Waals surface area contributed by atoms with Crippen LogP contribution in [0.2, 0.25) is 0 Å². The highest BCUT2D eigenvalue weighted by atomic mass is 35.5. The maximum atomic E-state index is 12.5. The monoisotopic (exact) mass is 640 g/mol. The van der Waals surface area contributed by atoms with Gasteiger partial charge in [-0.15, -0.1) is 11.6 Å². The largest absolute Gasteiger partial charge is 0.462 e. The predicted octanol–water partition coefficient (Wildman–Crippen LogP) is 12.3. The van der Waals surface area contributed by atoms with Crippen molar-refractivity contribution in [3.05, 3.63) is 48.6 Å². The van der Waals surface area contributed by atoms with Gasteiger partial charge in [-0.25, -0.2) is 0 Å². The standard InChI is InChI=1S/C39H67ClO4/c1-3-5-7-9-11-13-15-17-19-21-23-25-27-29-31-33-38(41)43-36-37(35-40)44-39(42)34-32-30-28-26-24-22-20-18-16-14-12-10-8-6-4-2/h11-14,17-20,37H,3-10,15-16,21-36H2,1-2H3/b13-11-,14-12-,19-17-,20-18-/i35D2,36D2,37D. The number of ether oxygens (including phenoxy) is 2. The van der Waals surface area contributed by atoms with Crippen LogP contribution < -0.4 is 0 Å². The third-order valence-corrected chi connectivity index (χ3v) is 7.39. The van der Waals surface area contributed by atoms with Crippen molar-refractivity contribution in [3.8, 4) is 0 Å². The van der Waals surface area contributed by atoms with E-state index < -0.39 is 30.4 Å². The molecule has 0 aromatic carbocycles. The Morgan fingerprint density at radius 2 is 0.977 bits per heavy atom. The number of carbonyl (C=O) groups excluding carboxylic acids is 2. The minimum absolute atomic E-state index is 0.0920. The Balaban J connectivity index is 4.30. The zero-order valence-electron chi connectivity index (χ0n) is 33.1. The van der Waals surface area contributed by atoms with Gasteiger partial charge in [-0.3, -0.25) is 9.59 Å². The summed E-state index contributed by atoms with van der Waals surface area (Å²) in [4.78, 5) is 24.9. The van der Waals surface area contributed by atoms with Crippen LogP contribution in [0.25, 0.3) is 0 Å². The van der Waals surface area contributed by atoms with Crippen LogP contribution in [0.15, 0.2) is 48.6 Å². The summed E-state index contributed by atoms with van der Waals surface area (Å²) in [7, 11) is 0. The Labute approximate surface area is 284 Å². The summed E-state index contributed by atoms with van der Waals surface area (Å²) in [6.45, 7) is 1.12. The summed E-state index contributed by atoms with van der Waals surface area (Å²) in [5.74, 6) is -5.04. The van der Waals surface area contributed by atoms with Crippen molar-refractivity contribution in [3.63, 3.8) is 0 Å². The molecule has 1 unspecified atom stereocenters. The Morgan fingerprint density at radius 1 is 0.591 bits per heavy atom. The Morgan fingerprint density at radius 3 is 1.41 bits per heavy atom. The molecule has 0 radical (unpaired) electrons. The van der Waals surface area contributed by atoms with Crippen LogP contribution in [0.5, 0.6) is 0 Å². The molecule has 0 saturated carbocycles. The molecule has 0 amide bonds. The molecule has 0 aliphatic rings. The molecular weight excluding hydrogens is 568 g/mol. The number of rotatable bonds is 32. The van der Waals surface area contributed by atoms with E-state index in [9.17, 15) is 9.59 Å². The van der Waals surface area contributed by atoms with Crippen LogP contribution >= 0.6 is 11.6 Å². The lowest BCUT2D eigenvalue weighted by Crippen LogP contribution is -2.26. The van der Waals surface area contributed by atoms with Crippen LogP contribution in [0, 0.1) is 0 Å². The molecule has 44 heavy (non-hydrogen) atoms. The van der Waals surface area contributed by atoms with Gasteiger partial charge in [0.1, 0.15) is 12.6 Å². The average molecular weight is 640 g/mol. The maximum absolute atomic E-state index is 12.5. The highest BCUT2D eigenvalue weighted by Gasteiger charge is 2.16. The van der Waals surface area contributed by atoms with E-state index in [-0.39, 0.29) is 12.8 Å². The number of esters is 2. The average Bonchev–Trinajstić information content (AvgIpc) is 3.03. The van der Waals surface area contributed by atoms with Crippen molar-refractivity contribution in [2.45, 2.75) is 174 Å². The third-order valence-electron chi connectivity index (χ3n) is 7.22. The van der Waals surface area contributed by atoms with Crippen molar-refractivity contribution >= 4 is 23.5 Å². The molecule has 0 fully saturated rings. The second-order valence-corrected chi connectivity index (χ2v) is 11.6. The van der Waals surface area contributed by atoms with Crippen molar-refractivity contribution in [2.75, 3.05) is 12.4 Å². The van der Waals surface area contributed by atoms with Gasteiger partial charge in [-0.2, -0.15) is 0 Å². The first-order valence-corrected chi connectivity index (χ1v) is 18.0. The summed E-state index contributed by atoms with van der Waals surface area (Å²) in [6, 6.07) is 0. The van der Waals surface area contributed by atoms with E-state index >= 15 is 0 Å². The Hall–Kier alpha value is -1.81. The number of hydrogen-bond donors (Lipinski definition) is 0. The lowest BCUT2D eigenvalue weighted by molar-refractivity contribution is -0.157. The Bertz CT molecular complexity index is 962. The first-order chi connectivity index (χ1) is 23.4. The number of unbranched alkanes of at least 4 members (excludes halogenated alkanes) is 16. The molecule has 0 saturated heterocycles. The highest BCUT2D eigenvalue weighted by molar-refractivity contribution is 6.18. The fraction of sp³-hybridized carbons (Fsp3) is 0.744. The summed E-state index contributed by atoms with van der Waals surface area (Å²) >= 11 is 5.72. The molecule has 0 aliphatic heterocycles. The van der Waals surface area contributed by atoms with Gasteiger partial charge in [0.05, 0.1) is 9.94 Å². The fourth-order valence-corrected chi connectivity index (χ4v) is 4.62. The van der Waals surface area contributed by atoms with Crippen LogP contribution in [0.4, 0.5) is 0 Å². The first-order valence-electron chi connectivity index (χ1n) is 20.1. The molecule has 0 aliphatic carbocycles. The molecule has 5 heteroatoms. The van der Waals surface area contributed by atoms with E-state index in [0.717, 1.165) is 89.9 Å². The molecule has 0 spiro atoms. The second-order valence-electron chi connectivity index (χ2n) is 11.4. The van der Waals surface area contributed by atoms with Gasteiger partial charge >= 0.3 is 11.9 Å².